The van der Waals surface area contributed by atoms with Crippen LogP contribution >= 0.6 is 15.9 Å². The molecule has 17 heavy (non-hydrogen) atoms. The molecule has 0 aliphatic heterocycles. The van der Waals surface area contributed by atoms with E-state index in [9.17, 15) is 5.11 Å². The number of aliphatic hydroxyl groups excluding tert-OH is 1. The summed E-state index contributed by atoms with van der Waals surface area (Å²) in [5, 5.41) is 10.1. The van der Waals surface area contributed by atoms with Gasteiger partial charge in [0.15, 0.2) is 0 Å². The summed E-state index contributed by atoms with van der Waals surface area (Å²) in [6.07, 6.45) is 6.81. The SMILES string of the molecule is CCCCCCCC(O)c1ccc(Br)c(C)c1. The van der Waals surface area contributed by atoms with E-state index in [1.54, 1.807) is 0 Å². The first-order valence-electron chi connectivity index (χ1n) is 6.59. The molecule has 0 saturated carbocycles. The second-order valence-corrected chi connectivity index (χ2v) is 5.58. The normalized spacial score (nSPS) is 12.7. The van der Waals surface area contributed by atoms with E-state index in [2.05, 4.69) is 35.8 Å². The summed E-state index contributed by atoms with van der Waals surface area (Å²) in [6.45, 7) is 4.28. The van der Waals surface area contributed by atoms with E-state index in [0.717, 1.165) is 22.9 Å². The molecular weight excluding hydrogens is 276 g/mol. The molecule has 0 fully saturated rings. The number of unbranched alkanes of at least 4 members (excludes halogenated alkanes) is 4. The third kappa shape index (κ3) is 5.22. The number of benzene rings is 1. The monoisotopic (exact) mass is 298 g/mol. The summed E-state index contributed by atoms with van der Waals surface area (Å²) in [5.74, 6) is 0. The Morgan fingerprint density at radius 3 is 2.53 bits per heavy atom. The Labute approximate surface area is 113 Å². The van der Waals surface area contributed by atoms with Crippen LogP contribution in [0.2, 0.25) is 0 Å². The van der Waals surface area contributed by atoms with Gasteiger partial charge in [-0.2, -0.15) is 0 Å². The maximum Gasteiger partial charge on any atom is 0.0790 e. The molecule has 0 radical (unpaired) electrons. The predicted molar refractivity (Wildman–Crippen MR) is 77.2 cm³/mol. The molecule has 0 saturated heterocycles. The summed E-state index contributed by atoms with van der Waals surface area (Å²) in [5.41, 5.74) is 2.23. The third-order valence-electron chi connectivity index (χ3n) is 3.15. The zero-order chi connectivity index (χ0) is 12.7. The fourth-order valence-electron chi connectivity index (χ4n) is 1.98. The molecular formula is C15H23BrO. The molecule has 0 bridgehead atoms. The van der Waals surface area contributed by atoms with Crippen molar-refractivity contribution < 1.29 is 5.11 Å². The Hall–Kier alpha value is -0.340. The van der Waals surface area contributed by atoms with Gasteiger partial charge in [0.1, 0.15) is 0 Å². The number of rotatable bonds is 7. The molecule has 1 atom stereocenters. The fraction of sp³-hybridized carbons (Fsp3) is 0.600. The average molecular weight is 299 g/mol. The minimum Gasteiger partial charge on any atom is -0.388 e. The lowest BCUT2D eigenvalue weighted by Gasteiger charge is -2.12. The Kier molecular flexibility index (Phi) is 6.83. The molecule has 0 aromatic heterocycles. The maximum absolute atomic E-state index is 10.1. The van der Waals surface area contributed by atoms with Crippen molar-refractivity contribution in [2.24, 2.45) is 0 Å². The Morgan fingerprint density at radius 2 is 1.88 bits per heavy atom. The Balaban J connectivity index is 2.36. The van der Waals surface area contributed by atoms with Gasteiger partial charge >= 0.3 is 0 Å². The van der Waals surface area contributed by atoms with Crippen LogP contribution in [0.4, 0.5) is 0 Å². The zero-order valence-corrected chi connectivity index (χ0v) is 12.5. The number of halogens is 1. The molecule has 0 amide bonds. The molecule has 1 aromatic carbocycles. The molecule has 1 aromatic rings. The van der Waals surface area contributed by atoms with Crippen molar-refractivity contribution in [3.8, 4) is 0 Å². The van der Waals surface area contributed by atoms with E-state index in [0.29, 0.717) is 0 Å². The van der Waals surface area contributed by atoms with Gasteiger partial charge in [0, 0.05) is 4.47 Å². The van der Waals surface area contributed by atoms with E-state index in [1.165, 1.54) is 31.2 Å². The van der Waals surface area contributed by atoms with Crippen molar-refractivity contribution in [1.82, 2.24) is 0 Å². The molecule has 0 heterocycles. The standard InChI is InChI=1S/C15H23BrO/c1-3-4-5-6-7-8-15(17)13-9-10-14(16)12(2)11-13/h9-11,15,17H,3-8H2,1-2H3. The molecule has 1 rings (SSSR count). The van der Waals surface area contributed by atoms with Crippen LogP contribution in [-0.4, -0.2) is 5.11 Å². The Morgan fingerprint density at radius 1 is 1.18 bits per heavy atom. The summed E-state index contributed by atoms with van der Waals surface area (Å²) in [4.78, 5) is 0. The van der Waals surface area contributed by atoms with Crippen LogP contribution in [0, 0.1) is 6.92 Å². The number of aryl methyl sites for hydroxylation is 1. The minimum atomic E-state index is -0.302. The number of aliphatic hydroxyl groups is 1. The van der Waals surface area contributed by atoms with Crippen LogP contribution in [0.5, 0.6) is 0 Å². The van der Waals surface area contributed by atoms with Crippen molar-refractivity contribution in [1.29, 1.82) is 0 Å². The van der Waals surface area contributed by atoms with Crippen LogP contribution in [-0.2, 0) is 0 Å². The molecule has 1 N–H and O–H groups in total. The van der Waals surface area contributed by atoms with Gasteiger partial charge in [-0.15, -0.1) is 0 Å². The molecule has 1 unspecified atom stereocenters. The van der Waals surface area contributed by atoms with Crippen molar-refractivity contribution >= 4 is 15.9 Å². The highest BCUT2D eigenvalue weighted by Gasteiger charge is 2.08. The largest absolute Gasteiger partial charge is 0.388 e. The van der Waals surface area contributed by atoms with Crippen molar-refractivity contribution in [2.75, 3.05) is 0 Å². The van der Waals surface area contributed by atoms with E-state index in [-0.39, 0.29) is 6.10 Å². The highest BCUT2D eigenvalue weighted by atomic mass is 79.9. The third-order valence-corrected chi connectivity index (χ3v) is 4.04. The summed E-state index contributed by atoms with van der Waals surface area (Å²) < 4.78 is 1.11. The quantitative estimate of drug-likeness (QED) is 0.690. The first-order valence-corrected chi connectivity index (χ1v) is 7.38. The van der Waals surface area contributed by atoms with Crippen LogP contribution in [0.25, 0.3) is 0 Å². The van der Waals surface area contributed by atoms with Gasteiger partial charge in [-0.1, -0.05) is 67.1 Å². The predicted octanol–water partition coefficient (Wildman–Crippen LogP) is 5.15. The first kappa shape index (κ1) is 14.7. The molecule has 2 heteroatoms. The van der Waals surface area contributed by atoms with Gasteiger partial charge in [-0.3, -0.25) is 0 Å². The number of hydrogen-bond donors (Lipinski definition) is 1. The van der Waals surface area contributed by atoms with Crippen LogP contribution < -0.4 is 0 Å². The van der Waals surface area contributed by atoms with E-state index in [1.807, 2.05) is 12.1 Å². The molecule has 96 valence electrons. The lowest BCUT2D eigenvalue weighted by atomic mass is 10.0. The summed E-state index contributed by atoms with van der Waals surface area (Å²) >= 11 is 3.48. The van der Waals surface area contributed by atoms with Crippen molar-refractivity contribution in [3.63, 3.8) is 0 Å². The lowest BCUT2D eigenvalue weighted by molar-refractivity contribution is 0.163. The fourth-order valence-corrected chi connectivity index (χ4v) is 2.23. The highest BCUT2D eigenvalue weighted by Crippen LogP contribution is 2.24. The average Bonchev–Trinajstić information content (AvgIpc) is 2.32. The van der Waals surface area contributed by atoms with Crippen LogP contribution in [0.1, 0.15) is 62.7 Å². The topological polar surface area (TPSA) is 20.2 Å². The Bertz CT molecular complexity index is 336. The maximum atomic E-state index is 10.1. The van der Waals surface area contributed by atoms with E-state index in [4.69, 9.17) is 0 Å². The van der Waals surface area contributed by atoms with Crippen molar-refractivity contribution in [3.05, 3.63) is 33.8 Å². The van der Waals surface area contributed by atoms with E-state index >= 15 is 0 Å². The van der Waals surface area contributed by atoms with Gasteiger partial charge in [0.05, 0.1) is 6.10 Å². The van der Waals surface area contributed by atoms with Crippen molar-refractivity contribution in [2.45, 2.75) is 58.5 Å². The highest BCUT2D eigenvalue weighted by molar-refractivity contribution is 9.10. The second kappa shape index (κ2) is 7.88. The van der Waals surface area contributed by atoms with E-state index < -0.39 is 0 Å². The number of hydrogen-bond acceptors (Lipinski definition) is 1. The molecule has 0 aliphatic carbocycles. The molecule has 0 spiro atoms. The van der Waals surface area contributed by atoms with Gasteiger partial charge in [-0.25, -0.2) is 0 Å². The molecule has 0 aliphatic rings. The lowest BCUT2D eigenvalue weighted by Crippen LogP contribution is -1.98. The first-order chi connectivity index (χ1) is 8.15. The minimum absolute atomic E-state index is 0.302. The second-order valence-electron chi connectivity index (χ2n) is 4.73. The van der Waals surface area contributed by atoms with Gasteiger partial charge in [0.2, 0.25) is 0 Å². The van der Waals surface area contributed by atoms with Gasteiger partial charge in [-0.05, 0) is 30.5 Å². The van der Waals surface area contributed by atoms with Crippen LogP contribution in [0.3, 0.4) is 0 Å². The summed E-state index contributed by atoms with van der Waals surface area (Å²) in [6, 6.07) is 6.10. The smallest absolute Gasteiger partial charge is 0.0790 e. The van der Waals surface area contributed by atoms with Gasteiger partial charge < -0.3 is 5.11 Å². The summed E-state index contributed by atoms with van der Waals surface area (Å²) in [7, 11) is 0. The van der Waals surface area contributed by atoms with Crippen LogP contribution in [0.15, 0.2) is 22.7 Å². The van der Waals surface area contributed by atoms with Gasteiger partial charge in [0.25, 0.3) is 0 Å². The zero-order valence-electron chi connectivity index (χ0n) is 10.9. The molecule has 1 nitrogen and oxygen atoms in total.